The van der Waals surface area contributed by atoms with Gasteiger partial charge in [0.25, 0.3) is 0 Å². The lowest BCUT2D eigenvalue weighted by molar-refractivity contribution is 0.0423. The van der Waals surface area contributed by atoms with Gasteiger partial charge in [0.1, 0.15) is 0 Å². The van der Waals surface area contributed by atoms with Gasteiger partial charge in [0.2, 0.25) is 0 Å². The fourth-order valence-corrected chi connectivity index (χ4v) is 3.33. The predicted octanol–water partition coefficient (Wildman–Crippen LogP) is 4.32. The Balaban J connectivity index is 1.95. The second-order valence-electron chi connectivity index (χ2n) is 5.31. The van der Waals surface area contributed by atoms with Crippen molar-refractivity contribution in [3.05, 3.63) is 57.6 Å². The van der Waals surface area contributed by atoms with Crippen molar-refractivity contribution >= 4 is 15.9 Å². The van der Waals surface area contributed by atoms with Gasteiger partial charge >= 0.3 is 0 Å². The molecule has 22 heavy (non-hydrogen) atoms. The van der Waals surface area contributed by atoms with E-state index in [1.807, 2.05) is 6.07 Å². The molecule has 0 saturated heterocycles. The van der Waals surface area contributed by atoms with Crippen molar-refractivity contribution in [3.8, 4) is 11.5 Å². The van der Waals surface area contributed by atoms with E-state index in [4.69, 9.17) is 14.2 Å². The number of halogens is 1. The molecule has 1 aliphatic rings. The first-order chi connectivity index (χ1) is 10.7. The van der Waals surface area contributed by atoms with Crippen molar-refractivity contribution in [2.45, 2.75) is 18.9 Å². The molecule has 0 bridgehead atoms. The topological polar surface area (TPSA) is 27.7 Å². The summed E-state index contributed by atoms with van der Waals surface area (Å²) in [4.78, 5) is 0. The molecule has 0 saturated carbocycles. The molecule has 3 rings (SSSR count). The molecule has 1 heterocycles. The molecule has 0 radical (unpaired) electrons. The number of fused-ring (bicyclic) bond motifs is 1. The maximum absolute atomic E-state index is 6.02. The number of methoxy groups -OCH3 is 2. The third-order valence-corrected chi connectivity index (χ3v) is 4.82. The van der Waals surface area contributed by atoms with E-state index >= 15 is 0 Å². The van der Waals surface area contributed by atoms with Crippen molar-refractivity contribution in [1.29, 1.82) is 0 Å². The fourth-order valence-electron chi connectivity index (χ4n) is 2.89. The summed E-state index contributed by atoms with van der Waals surface area (Å²) >= 11 is 3.61. The van der Waals surface area contributed by atoms with Gasteiger partial charge in [-0.3, -0.25) is 0 Å². The monoisotopic (exact) mass is 362 g/mol. The van der Waals surface area contributed by atoms with E-state index in [1.54, 1.807) is 14.2 Å². The van der Waals surface area contributed by atoms with E-state index in [0.29, 0.717) is 0 Å². The van der Waals surface area contributed by atoms with Gasteiger partial charge in [-0.1, -0.05) is 34.1 Å². The van der Waals surface area contributed by atoms with Gasteiger partial charge in [-0.2, -0.15) is 0 Å². The van der Waals surface area contributed by atoms with E-state index in [-0.39, 0.29) is 6.10 Å². The maximum atomic E-state index is 6.02. The predicted molar refractivity (Wildman–Crippen MR) is 89.8 cm³/mol. The minimum Gasteiger partial charge on any atom is -0.493 e. The molecule has 0 aromatic heterocycles. The minimum atomic E-state index is 0.0438. The Morgan fingerprint density at radius 1 is 1.14 bits per heavy atom. The summed E-state index contributed by atoms with van der Waals surface area (Å²) in [5, 5.41) is 0. The van der Waals surface area contributed by atoms with Crippen LogP contribution in [0.15, 0.2) is 40.9 Å². The first-order valence-corrected chi connectivity index (χ1v) is 8.12. The smallest absolute Gasteiger partial charge is 0.161 e. The van der Waals surface area contributed by atoms with Gasteiger partial charge in [-0.05, 0) is 41.3 Å². The van der Waals surface area contributed by atoms with Crippen LogP contribution in [0.1, 0.15) is 22.8 Å². The van der Waals surface area contributed by atoms with Gasteiger partial charge in [-0.25, -0.2) is 0 Å². The third kappa shape index (κ3) is 2.99. The summed E-state index contributed by atoms with van der Waals surface area (Å²) in [5.41, 5.74) is 3.72. The first kappa shape index (κ1) is 15.4. The zero-order valence-electron chi connectivity index (χ0n) is 12.8. The molecule has 0 amide bonds. The van der Waals surface area contributed by atoms with Crippen molar-refractivity contribution in [1.82, 2.24) is 0 Å². The summed E-state index contributed by atoms with van der Waals surface area (Å²) in [6, 6.07) is 12.4. The highest BCUT2D eigenvalue weighted by Gasteiger charge is 2.24. The van der Waals surface area contributed by atoms with Crippen LogP contribution in [0.2, 0.25) is 0 Å². The molecule has 2 aromatic rings. The molecule has 0 fully saturated rings. The lowest BCUT2D eigenvalue weighted by Crippen LogP contribution is -2.18. The van der Waals surface area contributed by atoms with Crippen LogP contribution in [0.25, 0.3) is 0 Å². The van der Waals surface area contributed by atoms with Gasteiger partial charge < -0.3 is 14.2 Å². The Hall–Kier alpha value is -1.52. The van der Waals surface area contributed by atoms with Crippen molar-refractivity contribution in [2.75, 3.05) is 20.8 Å². The molecular formula is C18H19BrO3. The van der Waals surface area contributed by atoms with E-state index < -0.39 is 0 Å². The zero-order valence-corrected chi connectivity index (χ0v) is 14.4. The lowest BCUT2D eigenvalue weighted by Gasteiger charge is -2.27. The van der Waals surface area contributed by atoms with E-state index in [1.165, 1.54) is 16.7 Å². The second kappa shape index (κ2) is 6.71. The van der Waals surface area contributed by atoms with Crippen LogP contribution in [-0.4, -0.2) is 20.8 Å². The van der Waals surface area contributed by atoms with Gasteiger partial charge in [0.15, 0.2) is 11.5 Å². The van der Waals surface area contributed by atoms with E-state index in [2.05, 4.69) is 46.3 Å². The van der Waals surface area contributed by atoms with Crippen LogP contribution in [0, 0.1) is 0 Å². The van der Waals surface area contributed by atoms with Crippen molar-refractivity contribution in [2.24, 2.45) is 0 Å². The molecule has 0 spiro atoms. The number of hydrogen-bond donors (Lipinski definition) is 0. The Morgan fingerprint density at radius 2 is 1.86 bits per heavy atom. The summed E-state index contributed by atoms with van der Waals surface area (Å²) in [5.74, 6) is 1.53. The summed E-state index contributed by atoms with van der Waals surface area (Å²) in [6.45, 7) is 0.734. The molecule has 2 aromatic carbocycles. The van der Waals surface area contributed by atoms with Crippen molar-refractivity contribution < 1.29 is 14.2 Å². The molecule has 116 valence electrons. The quantitative estimate of drug-likeness (QED) is 0.810. The highest BCUT2D eigenvalue weighted by molar-refractivity contribution is 9.10. The number of hydrogen-bond acceptors (Lipinski definition) is 3. The zero-order chi connectivity index (χ0) is 15.5. The molecule has 1 atom stereocenters. The van der Waals surface area contributed by atoms with Gasteiger partial charge in [0.05, 0.1) is 26.9 Å². The highest BCUT2D eigenvalue weighted by Crippen LogP contribution is 2.38. The average Bonchev–Trinajstić information content (AvgIpc) is 2.56. The molecule has 3 nitrogen and oxygen atoms in total. The Kier molecular flexibility index (Phi) is 4.69. The first-order valence-electron chi connectivity index (χ1n) is 7.32. The summed E-state index contributed by atoms with van der Waals surface area (Å²) in [6.07, 6.45) is 1.79. The van der Waals surface area contributed by atoms with Crippen LogP contribution in [0.3, 0.4) is 0 Å². The normalized spacial score (nSPS) is 17.0. The molecule has 0 unspecified atom stereocenters. The minimum absolute atomic E-state index is 0.0438. The Bertz CT molecular complexity index is 669. The molecular weight excluding hydrogens is 344 g/mol. The Labute approximate surface area is 139 Å². The Morgan fingerprint density at radius 3 is 2.59 bits per heavy atom. The molecule has 1 aliphatic heterocycles. The largest absolute Gasteiger partial charge is 0.493 e. The second-order valence-corrected chi connectivity index (χ2v) is 6.17. The SMILES string of the molecule is COc1cc2c(cc1OC)[C@H](Cc1ccccc1Br)OCC2. The number of rotatable bonds is 4. The average molecular weight is 363 g/mol. The lowest BCUT2D eigenvalue weighted by atomic mass is 9.93. The number of ether oxygens (including phenoxy) is 3. The van der Waals surface area contributed by atoms with Gasteiger partial charge in [0, 0.05) is 10.9 Å². The van der Waals surface area contributed by atoms with E-state index in [0.717, 1.165) is 35.4 Å². The van der Waals surface area contributed by atoms with Crippen LogP contribution in [0.4, 0.5) is 0 Å². The van der Waals surface area contributed by atoms with Gasteiger partial charge in [-0.15, -0.1) is 0 Å². The fraction of sp³-hybridized carbons (Fsp3) is 0.333. The van der Waals surface area contributed by atoms with Crippen LogP contribution in [0.5, 0.6) is 11.5 Å². The summed E-state index contributed by atoms with van der Waals surface area (Å²) < 4.78 is 18.0. The third-order valence-electron chi connectivity index (χ3n) is 4.05. The molecule has 0 aliphatic carbocycles. The van der Waals surface area contributed by atoms with E-state index in [9.17, 15) is 0 Å². The summed E-state index contributed by atoms with van der Waals surface area (Å²) in [7, 11) is 3.33. The van der Waals surface area contributed by atoms with Crippen molar-refractivity contribution in [3.63, 3.8) is 0 Å². The van der Waals surface area contributed by atoms with Crippen LogP contribution < -0.4 is 9.47 Å². The maximum Gasteiger partial charge on any atom is 0.161 e. The highest BCUT2D eigenvalue weighted by atomic mass is 79.9. The number of benzene rings is 2. The standard InChI is InChI=1S/C18H19BrO3/c1-20-17-9-12-7-8-22-16(14(12)11-18(17)21-2)10-13-5-3-4-6-15(13)19/h3-6,9,11,16H,7-8,10H2,1-2H3/t16-/m0/s1. The van der Waals surface area contributed by atoms with Crippen LogP contribution in [-0.2, 0) is 17.6 Å². The van der Waals surface area contributed by atoms with Crippen LogP contribution >= 0.6 is 15.9 Å². The molecule has 0 N–H and O–H groups in total. The molecule has 4 heteroatoms.